The topological polar surface area (TPSA) is 91.7 Å². The van der Waals surface area contributed by atoms with Gasteiger partial charge < -0.3 is 19.5 Å². The summed E-state index contributed by atoms with van der Waals surface area (Å²) in [5, 5.41) is 4.01. The molecule has 0 spiro atoms. The van der Waals surface area contributed by atoms with Crippen molar-refractivity contribution in [3.05, 3.63) is 113 Å². The average molecular weight is 506 g/mol. The number of nitrogens with one attached hydrogen (secondary N) is 1. The van der Waals surface area contributed by atoms with Crippen LogP contribution in [0.5, 0.6) is 17.2 Å². The number of amides is 1. The lowest BCUT2D eigenvalue weighted by atomic mass is 9.98. The molecule has 1 amide bonds. The first-order valence-corrected chi connectivity index (χ1v) is 12.0. The van der Waals surface area contributed by atoms with Crippen LogP contribution in [0.1, 0.15) is 15.9 Å². The molecule has 3 aromatic carbocycles. The van der Waals surface area contributed by atoms with Gasteiger partial charge in [-0.25, -0.2) is 0 Å². The van der Waals surface area contributed by atoms with Crippen LogP contribution < -0.4 is 25.1 Å². The van der Waals surface area contributed by atoms with Crippen molar-refractivity contribution in [2.24, 2.45) is 0 Å². The molecule has 8 nitrogen and oxygen atoms in total. The van der Waals surface area contributed by atoms with E-state index in [1.807, 2.05) is 36.4 Å². The minimum Gasteiger partial charge on any atom is -0.497 e. The fourth-order valence-corrected chi connectivity index (χ4v) is 4.64. The molecule has 1 aliphatic rings. The summed E-state index contributed by atoms with van der Waals surface area (Å²) in [6.07, 6.45) is 3.30. The highest BCUT2D eigenvalue weighted by atomic mass is 16.7. The fraction of sp³-hybridized carbons (Fsp3) is 0.100. The normalized spacial score (nSPS) is 11.9. The minimum atomic E-state index is -0.314. The number of carbonyl (C=O) groups excluding carboxylic acids is 1. The molecular formula is C30H23N3O5. The van der Waals surface area contributed by atoms with Gasteiger partial charge in [-0.1, -0.05) is 30.3 Å². The van der Waals surface area contributed by atoms with E-state index in [4.69, 9.17) is 14.2 Å². The highest BCUT2D eigenvalue weighted by molar-refractivity contribution is 6.11. The summed E-state index contributed by atoms with van der Waals surface area (Å²) < 4.78 is 17.8. The van der Waals surface area contributed by atoms with Crippen molar-refractivity contribution >= 4 is 16.7 Å². The molecule has 2 aromatic heterocycles. The molecular weight excluding hydrogens is 482 g/mol. The Kier molecular flexibility index (Phi) is 5.97. The standard InChI is InChI=1S/C30H23N3O5/c1-36-22-11-8-19(9-12-22)16-32-29(34)27-23-6-2-3-7-24(23)30(35)33(28(27)20-5-4-14-31-17-20)21-10-13-25-26(15-21)38-18-37-25/h2-15,17H,16,18H2,1H3,(H,32,34). The summed E-state index contributed by atoms with van der Waals surface area (Å²) in [7, 11) is 1.61. The molecule has 1 aliphatic heterocycles. The third-order valence-corrected chi connectivity index (χ3v) is 6.48. The lowest BCUT2D eigenvalue weighted by Gasteiger charge is -2.20. The van der Waals surface area contributed by atoms with E-state index < -0.39 is 0 Å². The molecule has 0 unspecified atom stereocenters. The van der Waals surface area contributed by atoms with Gasteiger partial charge in [-0.05, 0) is 48.0 Å². The fourth-order valence-electron chi connectivity index (χ4n) is 4.64. The van der Waals surface area contributed by atoms with Crippen LogP contribution in [0.3, 0.4) is 0 Å². The van der Waals surface area contributed by atoms with Crippen LogP contribution in [0.2, 0.25) is 0 Å². The highest BCUT2D eigenvalue weighted by Crippen LogP contribution is 2.36. The van der Waals surface area contributed by atoms with Crippen LogP contribution in [0.25, 0.3) is 27.7 Å². The predicted octanol–water partition coefficient (Wildman–Crippen LogP) is 4.72. The van der Waals surface area contributed by atoms with Gasteiger partial charge in [-0.3, -0.25) is 19.1 Å². The van der Waals surface area contributed by atoms with Crippen molar-refractivity contribution in [1.29, 1.82) is 0 Å². The number of rotatable bonds is 6. The lowest BCUT2D eigenvalue weighted by Crippen LogP contribution is -2.29. The van der Waals surface area contributed by atoms with Gasteiger partial charge >= 0.3 is 0 Å². The Morgan fingerprint density at radius 3 is 2.53 bits per heavy atom. The third kappa shape index (κ3) is 4.12. The molecule has 1 N–H and O–H groups in total. The Bertz CT molecular complexity index is 1710. The predicted molar refractivity (Wildman–Crippen MR) is 143 cm³/mol. The smallest absolute Gasteiger partial charge is 0.263 e. The molecule has 0 saturated carbocycles. The van der Waals surface area contributed by atoms with Crippen molar-refractivity contribution in [3.8, 4) is 34.2 Å². The number of methoxy groups -OCH3 is 1. The van der Waals surface area contributed by atoms with Gasteiger partial charge in [0.1, 0.15) is 5.75 Å². The number of fused-ring (bicyclic) bond motifs is 2. The van der Waals surface area contributed by atoms with E-state index in [9.17, 15) is 9.59 Å². The molecule has 5 aromatic rings. The number of hydrogen-bond acceptors (Lipinski definition) is 6. The summed E-state index contributed by atoms with van der Waals surface area (Å²) >= 11 is 0. The lowest BCUT2D eigenvalue weighted by molar-refractivity contribution is 0.0952. The molecule has 0 radical (unpaired) electrons. The van der Waals surface area contributed by atoms with E-state index >= 15 is 0 Å². The van der Waals surface area contributed by atoms with E-state index in [2.05, 4.69) is 10.3 Å². The largest absolute Gasteiger partial charge is 0.497 e. The van der Waals surface area contributed by atoms with E-state index in [1.165, 1.54) is 0 Å². The van der Waals surface area contributed by atoms with E-state index in [-0.39, 0.29) is 18.3 Å². The molecule has 0 fully saturated rings. The highest BCUT2D eigenvalue weighted by Gasteiger charge is 2.25. The quantitative estimate of drug-likeness (QED) is 0.359. The molecule has 8 heteroatoms. The van der Waals surface area contributed by atoms with Crippen molar-refractivity contribution in [2.45, 2.75) is 6.54 Å². The minimum absolute atomic E-state index is 0.111. The molecule has 0 atom stereocenters. The second-order valence-electron chi connectivity index (χ2n) is 8.72. The Balaban J connectivity index is 1.56. The van der Waals surface area contributed by atoms with Crippen LogP contribution in [0.4, 0.5) is 0 Å². The van der Waals surface area contributed by atoms with Crippen molar-refractivity contribution in [3.63, 3.8) is 0 Å². The first-order chi connectivity index (χ1) is 18.6. The molecule has 0 bridgehead atoms. The summed E-state index contributed by atoms with van der Waals surface area (Å²) in [6, 6.07) is 23.5. The second-order valence-corrected chi connectivity index (χ2v) is 8.72. The Morgan fingerprint density at radius 2 is 1.76 bits per heavy atom. The van der Waals surface area contributed by atoms with Crippen LogP contribution in [0, 0.1) is 0 Å². The molecule has 188 valence electrons. The van der Waals surface area contributed by atoms with Gasteiger partial charge in [0.2, 0.25) is 6.79 Å². The first kappa shape index (κ1) is 23.3. The Labute approximate surface area is 218 Å². The number of nitrogens with zero attached hydrogens (tertiary/aromatic N) is 2. The van der Waals surface area contributed by atoms with Crippen molar-refractivity contribution in [2.75, 3.05) is 13.9 Å². The maximum atomic E-state index is 14.0. The maximum Gasteiger partial charge on any atom is 0.263 e. The zero-order valence-corrected chi connectivity index (χ0v) is 20.5. The van der Waals surface area contributed by atoms with E-state index in [0.29, 0.717) is 51.3 Å². The summed E-state index contributed by atoms with van der Waals surface area (Å²) in [5.41, 5.74) is 2.64. The first-order valence-electron chi connectivity index (χ1n) is 12.0. The maximum absolute atomic E-state index is 14.0. The number of ether oxygens (including phenoxy) is 3. The van der Waals surface area contributed by atoms with E-state index in [1.54, 1.807) is 66.5 Å². The SMILES string of the molecule is COc1ccc(CNC(=O)c2c(-c3cccnc3)n(-c3ccc4c(c3)OCO4)c(=O)c3ccccc23)cc1. The molecule has 0 saturated heterocycles. The van der Waals surface area contributed by atoms with Crippen molar-refractivity contribution < 1.29 is 19.0 Å². The molecule has 6 rings (SSSR count). The monoisotopic (exact) mass is 505 g/mol. The van der Waals surface area contributed by atoms with Crippen LogP contribution in [-0.4, -0.2) is 29.4 Å². The van der Waals surface area contributed by atoms with Crippen molar-refractivity contribution in [1.82, 2.24) is 14.9 Å². The van der Waals surface area contributed by atoms with Gasteiger partial charge in [0, 0.05) is 41.3 Å². The summed E-state index contributed by atoms with van der Waals surface area (Å²) in [5.74, 6) is 1.55. The molecule has 38 heavy (non-hydrogen) atoms. The van der Waals surface area contributed by atoms with Gasteiger partial charge in [0.15, 0.2) is 11.5 Å². The van der Waals surface area contributed by atoms with E-state index in [0.717, 1.165) is 11.3 Å². The number of hydrogen-bond donors (Lipinski definition) is 1. The van der Waals surface area contributed by atoms with Gasteiger partial charge in [0.25, 0.3) is 11.5 Å². The molecule has 3 heterocycles. The Hall–Kier alpha value is -5.11. The van der Waals surface area contributed by atoms with Gasteiger partial charge in [0.05, 0.1) is 24.1 Å². The summed E-state index contributed by atoms with van der Waals surface area (Å²) in [6.45, 7) is 0.409. The van der Waals surface area contributed by atoms with Crippen LogP contribution >= 0.6 is 0 Å². The van der Waals surface area contributed by atoms with Gasteiger partial charge in [-0.2, -0.15) is 0 Å². The number of aromatic nitrogens is 2. The number of benzene rings is 3. The third-order valence-electron chi connectivity index (χ3n) is 6.48. The Morgan fingerprint density at radius 1 is 0.974 bits per heavy atom. The van der Waals surface area contributed by atoms with Crippen LogP contribution in [-0.2, 0) is 6.54 Å². The number of pyridine rings is 2. The number of carbonyl (C=O) groups is 1. The second kappa shape index (κ2) is 9.74. The zero-order valence-electron chi connectivity index (χ0n) is 20.5. The summed E-state index contributed by atoms with van der Waals surface area (Å²) in [4.78, 5) is 32.1. The zero-order chi connectivity index (χ0) is 26.1. The van der Waals surface area contributed by atoms with Gasteiger partial charge in [-0.15, -0.1) is 0 Å². The average Bonchev–Trinajstić information content (AvgIpc) is 3.44. The molecule has 0 aliphatic carbocycles. The van der Waals surface area contributed by atoms with Crippen LogP contribution in [0.15, 0.2) is 96.1 Å².